The fourth-order valence-corrected chi connectivity index (χ4v) is 3.90. The van der Waals surface area contributed by atoms with Crippen molar-refractivity contribution in [2.45, 2.75) is 44.1 Å². The van der Waals surface area contributed by atoms with E-state index < -0.39 is 5.60 Å². The lowest BCUT2D eigenvalue weighted by Gasteiger charge is -2.31. The van der Waals surface area contributed by atoms with Gasteiger partial charge < -0.3 is 4.74 Å². The molecule has 3 aliphatic heterocycles. The fourth-order valence-electron chi connectivity index (χ4n) is 3.90. The van der Waals surface area contributed by atoms with E-state index in [0.717, 1.165) is 18.4 Å². The number of amides is 1. The Morgan fingerprint density at radius 2 is 2.19 bits per heavy atom. The molecule has 4 atom stereocenters. The number of carbonyl (C=O) groups is 1. The molecule has 1 amide bonds. The minimum Gasteiger partial charge on any atom is -0.360 e. The van der Waals surface area contributed by atoms with Crippen LogP contribution in [-0.2, 0) is 21.0 Å². The Morgan fingerprint density at radius 3 is 2.90 bits per heavy atom. The third-order valence-electron chi connectivity index (χ3n) is 4.86. The largest absolute Gasteiger partial charge is 0.360 e. The molecule has 4 heteroatoms. The number of hydrogen-bond acceptors (Lipinski definition) is 3. The monoisotopic (exact) mass is 285 g/mol. The van der Waals surface area contributed by atoms with Crippen LogP contribution in [0.25, 0.3) is 0 Å². The van der Waals surface area contributed by atoms with Crippen LogP contribution in [0.4, 0.5) is 0 Å². The van der Waals surface area contributed by atoms with E-state index in [4.69, 9.17) is 9.57 Å². The van der Waals surface area contributed by atoms with Crippen LogP contribution in [0.5, 0.6) is 0 Å². The van der Waals surface area contributed by atoms with Crippen LogP contribution < -0.4 is 0 Å². The number of ether oxygens (including phenoxy) is 1. The Kier molecular flexibility index (Phi) is 2.91. The minimum atomic E-state index is -0.451. The lowest BCUT2D eigenvalue weighted by atomic mass is 9.81. The predicted molar refractivity (Wildman–Crippen MR) is 77.0 cm³/mol. The summed E-state index contributed by atoms with van der Waals surface area (Å²) in [7, 11) is 0. The lowest BCUT2D eigenvalue weighted by molar-refractivity contribution is -0.206. The molecule has 1 spiro atoms. The maximum Gasteiger partial charge on any atom is 0.253 e. The van der Waals surface area contributed by atoms with Crippen LogP contribution in [0.15, 0.2) is 42.5 Å². The first-order valence-corrected chi connectivity index (χ1v) is 7.61. The summed E-state index contributed by atoms with van der Waals surface area (Å²) in [5.74, 6) is -0.00199. The van der Waals surface area contributed by atoms with Crippen LogP contribution in [0, 0.1) is 5.92 Å². The van der Waals surface area contributed by atoms with Gasteiger partial charge in [-0.05, 0) is 18.4 Å². The van der Waals surface area contributed by atoms with Crippen molar-refractivity contribution >= 4 is 5.91 Å². The van der Waals surface area contributed by atoms with Gasteiger partial charge in [-0.25, -0.2) is 5.06 Å². The van der Waals surface area contributed by atoms with Gasteiger partial charge in [-0.15, -0.1) is 0 Å². The number of fused-ring (bicyclic) bond motifs is 1. The summed E-state index contributed by atoms with van der Waals surface area (Å²) >= 11 is 0. The van der Waals surface area contributed by atoms with Crippen molar-refractivity contribution in [1.82, 2.24) is 5.06 Å². The highest BCUT2D eigenvalue weighted by atomic mass is 16.7. The Labute approximate surface area is 124 Å². The second-order valence-corrected chi connectivity index (χ2v) is 6.00. The number of carbonyl (C=O) groups excluding carboxylic acids is 1. The van der Waals surface area contributed by atoms with Crippen molar-refractivity contribution in [2.75, 3.05) is 0 Å². The highest BCUT2D eigenvalue weighted by molar-refractivity contribution is 5.84. The van der Waals surface area contributed by atoms with E-state index in [1.165, 1.54) is 0 Å². The Balaban J connectivity index is 1.55. The molecule has 3 aliphatic rings. The van der Waals surface area contributed by atoms with E-state index in [1.54, 1.807) is 5.06 Å². The molecule has 0 unspecified atom stereocenters. The molecule has 3 heterocycles. The van der Waals surface area contributed by atoms with Gasteiger partial charge in [-0.2, -0.15) is 0 Å². The first kappa shape index (κ1) is 13.0. The number of hydroxylamine groups is 2. The maximum absolute atomic E-state index is 12.6. The molecule has 0 aromatic heterocycles. The maximum atomic E-state index is 12.6. The van der Waals surface area contributed by atoms with Crippen molar-refractivity contribution in [2.24, 2.45) is 5.92 Å². The fraction of sp³-hybridized carbons (Fsp3) is 0.471. The zero-order valence-electron chi connectivity index (χ0n) is 12.1. The van der Waals surface area contributed by atoms with Crippen molar-refractivity contribution in [3.05, 3.63) is 48.0 Å². The van der Waals surface area contributed by atoms with Crippen molar-refractivity contribution in [1.29, 1.82) is 0 Å². The molecular formula is C17H19NO3. The van der Waals surface area contributed by atoms with Crippen molar-refractivity contribution < 1.29 is 14.4 Å². The molecule has 0 saturated carbocycles. The van der Waals surface area contributed by atoms with E-state index >= 15 is 0 Å². The third-order valence-corrected chi connectivity index (χ3v) is 4.86. The van der Waals surface area contributed by atoms with Crippen molar-refractivity contribution in [3.63, 3.8) is 0 Å². The smallest absolute Gasteiger partial charge is 0.253 e. The van der Waals surface area contributed by atoms with Gasteiger partial charge in [0.15, 0.2) is 0 Å². The average Bonchev–Trinajstić information content (AvgIpc) is 3.15. The summed E-state index contributed by atoms with van der Waals surface area (Å²) < 4.78 is 6.09. The molecule has 21 heavy (non-hydrogen) atoms. The first-order chi connectivity index (χ1) is 10.2. The first-order valence-electron chi connectivity index (χ1n) is 7.61. The summed E-state index contributed by atoms with van der Waals surface area (Å²) in [6, 6.07) is 9.90. The van der Waals surface area contributed by atoms with Crippen LogP contribution in [0.3, 0.4) is 0 Å². The number of rotatable bonds is 4. The van der Waals surface area contributed by atoms with Gasteiger partial charge in [0.25, 0.3) is 5.91 Å². The third kappa shape index (κ3) is 1.79. The number of benzene rings is 1. The van der Waals surface area contributed by atoms with Gasteiger partial charge in [0.05, 0.1) is 18.1 Å². The van der Waals surface area contributed by atoms with Gasteiger partial charge >= 0.3 is 0 Å². The summed E-state index contributed by atoms with van der Waals surface area (Å²) in [4.78, 5) is 18.5. The predicted octanol–water partition coefficient (Wildman–Crippen LogP) is 2.45. The second-order valence-electron chi connectivity index (χ2n) is 6.00. The summed E-state index contributed by atoms with van der Waals surface area (Å²) in [5.41, 5.74) is 0.614. The van der Waals surface area contributed by atoms with E-state index in [-0.39, 0.29) is 24.0 Å². The van der Waals surface area contributed by atoms with Gasteiger partial charge in [0, 0.05) is 0 Å². The zero-order valence-corrected chi connectivity index (χ0v) is 12.1. The Morgan fingerprint density at radius 1 is 1.38 bits per heavy atom. The quantitative estimate of drug-likeness (QED) is 0.798. The molecule has 1 aromatic rings. The molecule has 4 nitrogen and oxygen atoms in total. The number of hydrogen-bond donors (Lipinski definition) is 0. The van der Waals surface area contributed by atoms with E-state index in [0.29, 0.717) is 6.61 Å². The number of nitrogens with zero attached hydrogens (tertiary/aromatic N) is 1. The minimum absolute atomic E-state index is 0.0255. The molecule has 4 rings (SSSR count). The molecule has 2 bridgehead atoms. The summed E-state index contributed by atoms with van der Waals surface area (Å²) in [6.07, 6.45) is 5.91. The Hall–Kier alpha value is -1.65. The molecule has 0 aliphatic carbocycles. The normalized spacial score (nSPS) is 36.5. The Bertz CT molecular complexity index is 585. The molecule has 2 saturated heterocycles. The van der Waals surface area contributed by atoms with Crippen LogP contribution in [0.1, 0.15) is 25.3 Å². The van der Waals surface area contributed by atoms with Gasteiger partial charge in [0.1, 0.15) is 12.2 Å². The highest BCUT2D eigenvalue weighted by Crippen LogP contribution is 2.52. The van der Waals surface area contributed by atoms with Gasteiger partial charge in [-0.1, -0.05) is 49.4 Å². The van der Waals surface area contributed by atoms with Crippen LogP contribution in [-0.4, -0.2) is 28.7 Å². The molecule has 0 N–H and O–H groups in total. The van der Waals surface area contributed by atoms with Crippen LogP contribution >= 0.6 is 0 Å². The molecule has 2 fully saturated rings. The summed E-state index contributed by atoms with van der Waals surface area (Å²) in [5, 5.41) is 1.57. The second kappa shape index (κ2) is 4.68. The lowest BCUT2D eigenvalue weighted by Crippen LogP contribution is -2.44. The molecule has 0 radical (unpaired) electrons. The molecular weight excluding hydrogens is 266 g/mol. The molecule has 110 valence electrons. The van der Waals surface area contributed by atoms with Crippen molar-refractivity contribution in [3.8, 4) is 0 Å². The topological polar surface area (TPSA) is 38.8 Å². The van der Waals surface area contributed by atoms with Gasteiger partial charge in [-0.3, -0.25) is 9.63 Å². The van der Waals surface area contributed by atoms with E-state index in [1.807, 2.05) is 30.3 Å². The zero-order chi connectivity index (χ0) is 14.4. The average molecular weight is 285 g/mol. The standard InChI is InChI=1S/C17H19NO3/c1-2-15-17-9-8-13(21-17)10-14(17)16(19)18(15)20-11-12-6-4-3-5-7-12/h3-9,13-15H,2,10-11H2,1H3/t13-,14+,15-,17+/m0/s1. The van der Waals surface area contributed by atoms with E-state index in [9.17, 15) is 4.79 Å². The highest BCUT2D eigenvalue weighted by Gasteiger charge is 2.65. The van der Waals surface area contributed by atoms with Gasteiger partial charge in [0.2, 0.25) is 0 Å². The summed E-state index contributed by atoms with van der Waals surface area (Å²) in [6.45, 7) is 2.50. The van der Waals surface area contributed by atoms with Crippen LogP contribution in [0.2, 0.25) is 0 Å². The SMILES string of the molecule is CC[C@@H]1N(OCc2ccccc2)C(=O)[C@H]2C[C@@H]3C=C[C@@]21O3. The van der Waals surface area contributed by atoms with E-state index in [2.05, 4.69) is 19.1 Å². The molecule has 1 aromatic carbocycles.